The van der Waals surface area contributed by atoms with Crippen molar-refractivity contribution < 1.29 is 19.4 Å². The van der Waals surface area contributed by atoms with Gasteiger partial charge in [0.2, 0.25) is 0 Å². The topological polar surface area (TPSA) is 109 Å². The fraction of sp³-hybridized carbons (Fsp3) is 0.115. The summed E-state index contributed by atoms with van der Waals surface area (Å²) >= 11 is 3.32. The van der Waals surface area contributed by atoms with Crippen LogP contribution in [0.25, 0.3) is 11.3 Å². The van der Waals surface area contributed by atoms with Crippen LogP contribution in [0.1, 0.15) is 27.2 Å². The number of rotatable bonds is 8. The zero-order chi connectivity index (χ0) is 24.8. The highest BCUT2D eigenvalue weighted by Crippen LogP contribution is 2.32. The van der Waals surface area contributed by atoms with Crippen molar-refractivity contribution in [2.75, 3.05) is 7.11 Å². The first-order valence-electron chi connectivity index (χ1n) is 10.7. The molecular formula is C26H23BrN4O4. The van der Waals surface area contributed by atoms with E-state index in [0.717, 1.165) is 15.6 Å². The van der Waals surface area contributed by atoms with Crippen molar-refractivity contribution in [1.29, 1.82) is 0 Å². The lowest BCUT2D eigenvalue weighted by Crippen LogP contribution is -2.18. The minimum absolute atomic E-state index is 0.0512. The van der Waals surface area contributed by atoms with Crippen LogP contribution >= 0.6 is 15.9 Å². The Hall–Kier alpha value is -4.11. The molecular weight excluding hydrogens is 512 g/mol. The Bertz CT molecular complexity index is 1370. The minimum Gasteiger partial charge on any atom is -0.507 e. The standard InChI is InChI=1S/C26H23BrN4O4/c1-16-3-5-17(6-4-16)15-35-24-10-7-18(12-25(24)34-2)21-13-22(30-29-21)26(33)31-28-14-19-11-20(27)8-9-23(19)32/h3-14,32H,15H2,1-2H3,(H,29,30)(H,31,33)/b28-14+. The van der Waals surface area contributed by atoms with Gasteiger partial charge < -0.3 is 14.6 Å². The number of aromatic hydroxyl groups is 1. The van der Waals surface area contributed by atoms with Gasteiger partial charge in [0.1, 0.15) is 18.1 Å². The van der Waals surface area contributed by atoms with Crippen molar-refractivity contribution in [2.45, 2.75) is 13.5 Å². The van der Waals surface area contributed by atoms with Gasteiger partial charge in [-0.25, -0.2) is 5.43 Å². The van der Waals surface area contributed by atoms with E-state index in [4.69, 9.17) is 9.47 Å². The molecule has 0 saturated heterocycles. The highest BCUT2D eigenvalue weighted by atomic mass is 79.9. The quantitative estimate of drug-likeness (QED) is 0.212. The number of carbonyl (C=O) groups is 1. The van der Waals surface area contributed by atoms with E-state index >= 15 is 0 Å². The van der Waals surface area contributed by atoms with E-state index in [-0.39, 0.29) is 11.4 Å². The number of methoxy groups -OCH3 is 1. The summed E-state index contributed by atoms with van der Waals surface area (Å²) in [5.41, 5.74) is 6.67. The smallest absolute Gasteiger partial charge is 0.289 e. The summed E-state index contributed by atoms with van der Waals surface area (Å²) in [6.45, 7) is 2.46. The first-order valence-corrected chi connectivity index (χ1v) is 11.5. The number of amides is 1. The molecule has 0 bridgehead atoms. The molecule has 1 amide bonds. The predicted molar refractivity (Wildman–Crippen MR) is 137 cm³/mol. The monoisotopic (exact) mass is 534 g/mol. The third-order valence-electron chi connectivity index (χ3n) is 5.16. The number of hydrogen-bond acceptors (Lipinski definition) is 6. The highest BCUT2D eigenvalue weighted by Gasteiger charge is 2.13. The number of nitrogens with zero attached hydrogens (tertiary/aromatic N) is 2. The fourth-order valence-corrected chi connectivity index (χ4v) is 3.61. The Morgan fingerprint density at radius 1 is 1.11 bits per heavy atom. The van der Waals surface area contributed by atoms with Crippen LogP contribution < -0.4 is 14.9 Å². The molecule has 1 aromatic heterocycles. The fourth-order valence-electron chi connectivity index (χ4n) is 3.23. The Balaban J connectivity index is 1.42. The van der Waals surface area contributed by atoms with Gasteiger partial charge in [-0.3, -0.25) is 9.89 Å². The molecule has 1 heterocycles. The maximum absolute atomic E-state index is 12.4. The third kappa shape index (κ3) is 6.07. The number of H-pyrrole nitrogens is 1. The lowest BCUT2D eigenvalue weighted by molar-refractivity contribution is 0.0950. The van der Waals surface area contributed by atoms with Gasteiger partial charge in [-0.05, 0) is 55.0 Å². The minimum atomic E-state index is -0.473. The highest BCUT2D eigenvalue weighted by molar-refractivity contribution is 9.10. The number of nitrogens with one attached hydrogen (secondary N) is 2. The van der Waals surface area contributed by atoms with Gasteiger partial charge in [0.25, 0.3) is 5.91 Å². The zero-order valence-electron chi connectivity index (χ0n) is 19.1. The summed E-state index contributed by atoms with van der Waals surface area (Å²) in [5, 5.41) is 20.7. The van der Waals surface area contributed by atoms with Crippen LogP contribution in [0.5, 0.6) is 17.2 Å². The van der Waals surface area contributed by atoms with E-state index in [1.807, 2.05) is 43.3 Å². The largest absolute Gasteiger partial charge is 0.507 e. The second-order valence-electron chi connectivity index (χ2n) is 7.71. The van der Waals surface area contributed by atoms with Crippen LogP contribution in [-0.2, 0) is 6.61 Å². The molecule has 4 rings (SSSR count). The predicted octanol–water partition coefficient (Wildman–Crippen LogP) is 5.20. The number of hydrogen-bond donors (Lipinski definition) is 3. The summed E-state index contributed by atoms with van der Waals surface area (Å²) < 4.78 is 12.2. The average molecular weight is 535 g/mol. The lowest BCUT2D eigenvalue weighted by atomic mass is 10.1. The molecule has 0 spiro atoms. The summed E-state index contributed by atoms with van der Waals surface area (Å²) in [4.78, 5) is 12.4. The maximum Gasteiger partial charge on any atom is 0.289 e. The normalized spacial score (nSPS) is 10.9. The van der Waals surface area contributed by atoms with Crippen molar-refractivity contribution in [1.82, 2.24) is 15.6 Å². The van der Waals surface area contributed by atoms with Gasteiger partial charge in [0.15, 0.2) is 11.5 Å². The molecule has 0 aliphatic carbocycles. The molecule has 4 aromatic rings. The number of hydrazone groups is 1. The Morgan fingerprint density at radius 2 is 1.91 bits per heavy atom. The summed E-state index contributed by atoms with van der Waals surface area (Å²) in [6.07, 6.45) is 1.36. The first-order chi connectivity index (χ1) is 16.9. The SMILES string of the molecule is COc1cc(-c2cc(C(=O)N/N=C/c3cc(Br)ccc3O)[nH]n2)ccc1OCc1ccc(C)cc1. The van der Waals surface area contributed by atoms with Crippen LogP contribution in [0.15, 0.2) is 76.3 Å². The molecule has 0 unspecified atom stereocenters. The van der Waals surface area contributed by atoms with E-state index in [1.54, 1.807) is 31.4 Å². The van der Waals surface area contributed by atoms with E-state index in [2.05, 4.69) is 36.7 Å². The second kappa shape index (κ2) is 10.9. The van der Waals surface area contributed by atoms with E-state index < -0.39 is 5.91 Å². The molecule has 3 aromatic carbocycles. The van der Waals surface area contributed by atoms with Crippen molar-refractivity contribution in [3.63, 3.8) is 0 Å². The van der Waals surface area contributed by atoms with Crippen molar-refractivity contribution in [2.24, 2.45) is 5.10 Å². The lowest BCUT2D eigenvalue weighted by Gasteiger charge is -2.12. The number of carbonyl (C=O) groups excluding carboxylic acids is 1. The average Bonchev–Trinajstić information content (AvgIpc) is 3.36. The maximum atomic E-state index is 12.4. The summed E-state index contributed by atoms with van der Waals surface area (Å²) in [7, 11) is 1.57. The Labute approximate surface area is 210 Å². The molecule has 35 heavy (non-hydrogen) atoms. The number of halogens is 1. The molecule has 3 N–H and O–H groups in total. The molecule has 0 radical (unpaired) electrons. The van der Waals surface area contributed by atoms with Gasteiger partial charge in [0, 0.05) is 15.6 Å². The second-order valence-corrected chi connectivity index (χ2v) is 8.62. The number of aromatic nitrogens is 2. The van der Waals surface area contributed by atoms with Crippen molar-refractivity contribution >= 4 is 28.1 Å². The number of aryl methyl sites for hydroxylation is 1. The molecule has 9 heteroatoms. The van der Waals surface area contributed by atoms with E-state index in [0.29, 0.717) is 29.4 Å². The molecule has 0 aliphatic heterocycles. The number of ether oxygens (including phenoxy) is 2. The number of benzene rings is 3. The first kappa shape index (κ1) is 24.0. The van der Waals surface area contributed by atoms with Gasteiger partial charge in [-0.15, -0.1) is 0 Å². The van der Waals surface area contributed by atoms with E-state index in [9.17, 15) is 9.90 Å². The Kier molecular flexibility index (Phi) is 7.47. The third-order valence-corrected chi connectivity index (χ3v) is 5.65. The molecule has 178 valence electrons. The molecule has 8 nitrogen and oxygen atoms in total. The number of phenols is 1. The summed E-state index contributed by atoms with van der Waals surface area (Å²) in [5.74, 6) is 0.743. The number of aromatic amines is 1. The van der Waals surface area contributed by atoms with Crippen LogP contribution in [0.4, 0.5) is 0 Å². The van der Waals surface area contributed by atoms with Crippen molar-refractivity contribution in [3.8, 4) is 28.5 Å². The van der Waals surface area contributed by atoms with E-state index in [1.165, 1.54) is 17.8 Å². The Morgan fingerprint density at radius 3 is 2.69 bits per heavy atom. The molecule has 0 atom stereocenters. The zero-order valence-corrected chi connectivity index (χ0v) is 20.7. The van der Waals surface area contributed by atoms with Crippen LogP contribution in [0.3, 0.4) is 0 Å². The summed E-state index contributed by atoms with van der Waals surface area (Å²) in [6, 6.07) is 20.1. The van der Waals surface area contributed by atoms with Gasteiger partial charge in [-0.2, -0.15) is 10.2 Å². The van der Waals surface area contributed by atoms with Crippen LogP contribution in [-0.4, -0.2) is 34.5 Å². The van der Waals surface area contributed by atoms with Crippen LogP contribution in [0.2, 0.25) is 0 Å². The van der Waals surface area contributed by atoms with Gasteiger partial charge in [-0.1, -0.05) is 45.8 Å². The van der Waals surface area contributed by atoms with Gasteiger partial charge in [0.05, 0.1) is 19.0 Å². The van der Waals surface area contributed by atoms with Gasteiger partial charge >= 0.3 is 0 Å². The molecule has 0 aliphatic rings. The van der Waals surface area contributed by atoms with Crippen LogP contribution in [0, 0.1) is 6.92 Å². The number of phenolic OH excluding ortho intramolecular Hbond substituents is 1. The van der Waals surface area contributed by atoms with Crippen molar-refractivity contribution in [3.05, 3.63) is 93.6 Å². The molecule has 0 fully saturated rings. The molecule has 0 saturated carbocycles.